The molecule has 0 aromatic rings. The molecule has 0 bridgehead atoms. The molecule has 0 saturated heterocycles. The number of rotatable bonds is 8. The molecule has 0 amide bonds. The molecule has 0 aromatic carbocycles. The van der Waals surface area contributed by atoms with Crippen LogP contribution in [0.2, 0.25) is 0 Å². The van der Waals surface area contributed by atoms with Crippen LogP contribution in [0.1, 0.15) is 0 Å². The van der Waals surface area contributed by atoms with Gasteiger partial charge in [-0.2, -0.15) is 0 Å². The van der Waals surface area contributed by atoms with Crippen molar-refractivity contribution in [2.75, 3.05) is 6.54 Å². The maximum Gasteiger partial charge on any atom is 0.346 e. The molecular formula is C8H15NO8P2. The highest BCUT2D eigenvalue weighted by Gasteiger charge is 2.42. The summed E-state index contributed by atoms with van der Waals surface area (Å²) in [5.74, 6) is -5.21. The summed E-state index contributed by atoms with van der Waals surface area (Å²) >= 11 is 0. The van der Waals surface area contributed by atoms with Crippen molar-refractivity contribution >= 4 is 21.2 Å². The van der Waals surface area contributed by atoms with Gasteiger partial charge in [0.25, 0.3) is 0 Å². The second kappa shape index (κ2) is 6.58. The molecule has 11 heteroatoms. The molecule has 0 aromatic heterocycles. The van der Waals surface area contributed by atoms with E-state index in [0.717, 1.165) is 12.2 Å². The maximum absolute atomic E-state index is 11.2. The molecule has 5 N–H and O–H groups in total. The first-order valence-electron chi connectivity index (χ1n) is 4.78. The van der Waals surface area contributed by atoms with Crippen LogP contribution in [0, 0.1) is 0 Å². The van der Waals surface area contributed by atoms with Gasteiger partial charge in [0.15, 0.2) is 0 Å². The van der Waals surface area contributed by atoms with Crippen molar-refractivity contribution < 1.29 is 38.6 Å². The zero-order valence-corrected chi connectivity index (χ0v) is 11.5. The molecule has 0 aliphatic rings. The Morgan fingerprint density at radius 1 is 1.05 bits per heavy atom. The van der Waals surface area contributed by atoms with Gasteiger partial charge in [0.2, 0.25) is 0 Å². The Kier molecular flexibility index (Phi) is 6.31. The molecule has 9 nitrogen and oxygen atoms in total. The summed E-state index contributed by atoms with van der Waals surface area (Å²) in [5.41, 5.74) is 0. The van der Waals surface area contributed by atoms with Crippen LogP contribution >= 0.6 is 15.2 Å². The smallest absolute Gasteiger partial charge is 0.346 e. The Bertz CT molecular complexity index is 418. The predicted molar refractivity (Wildman–Crippen MR) is 66.4 cm³/mol. The predicted octanol–water partition coefficient (Wildman–Crippen LogP) is -0.247. The molecule has 2 unspecified atom stereocenters. The van der Waals surface area contributed by atoms with E-state index >= 15 is 0 Å². The zero-order chi connectivity index (χ0) is 15.4. The van der Waals surface area contributed by atoms with Crippen molar-refractivity contribution in [3.05, 3.63) is 25.3 Å². The number of hydrogen-bond donors (Lipinski definition) is 5. The van der Waals surface area contributed by atoms with Crippen molar-refractivity contribution in [2.24, 2.45) is 0 Å². The standard InChI is InChI=1S/C8H15NO8P2/c1-3-6(18(12,13)14)9(5-8(10)11)7(4-2)19(15,16)17/h3-4,6-7H,1-2,5H2,(H,10,11)(H2,12,13,14)(H2,15,16,17). The lowest BCUT2D eigenvalue weighted by Gasteiger charge is -2.33. The van der Waals surface area contributed by atoms with E-state index in [1.54, 1.807) is 0 Å². The van der Waals surface area contributed by atoms with Gasteiger partial charge >= 0.3 is 21.2 Å². The topological polar surface area (TPSA) is 156 Å². The first-order chi connectivity index (χ1) is 8.45. The lowest BCUT2D eigenvalue weighted by Crippen LogP contribution is -2.44. The van der Waals surface area contributed by atoms with Crippen LogP contribution in [0.15, 0.2) is 25.3 Å². The minimum Gasteiger partial charge on any atom is -0.480 e. The Labute approximate surface area is 109 Å². The Hall–Kier alpha value is -0.790. The lowest BCUT2D eigenvalue weighted by molar-refractivity contribution is -0.138. The van der Waals surface area contributed by atoms with Crippen LogP contribution in [0.5, 0.6) is 0 Å². The van der Waals surface area contributed by atoms with E-state index in [2.05, 4.69) is 13.2 Å². The van der Waals surface area contributed by atoms with Gasteiger partial charge < -0.3 is 24.7 Å². The van der Waals surface area contributed by atoms with E-state index < -0.39 is 39.3 Å². The van der Waals surface area contributed by atoms with Gasteiger partial charge in [0.05, 0.1) is 6.54 Å². The largest absolute Gasteiger partial charge is 0.480 e. The number of nitrogens with zero attached hydrogens (tertiary/aromatic N) is 1. The Balaban J connectivity index is 5.72. The van der Waals surface area contributed by atoms with E-state index in [1.165, 1.54) is 0 Å². The summed E-state index contributed by atoms with van der Waals surface area (Å²) in [7, 11) is -9.74. The number of carboxylic acids is 1. The first kappa shape index (κ1) is 18.2. The number of hydrogen-bond acceptors (Lipinski definition) is 4. The number of carboxylic acid groups (broad SMARTS) is 1. The molecule has 0 aliphatic heterocycles. The van der Waals surface area contributed by atoms with Gasteiger partial charge in [-0.1, -0.05) is 12.2 Å². The van der Waals surface area contributed by atoms with Crippen molar-refractivity contribution in [2.45, 2.75) is 11.6 Å². The van der Waals surface area contributed by atoms with Crippen LogP contribution < -0.4 is 0 Å². The molecule has 0 saturated carbocycles. The Morgan fingerprint density at radius 2 is 1.37 bits per heavy atom. The normalized spacial score (nSPS) is 15.8. The van der Waals surface area contributed by atoms with Crippen molar-refractivity contribution in [3.8, 4) is 0 Å². The minimum absolute atomic E-state index is 0.448. The minimum atomic E-state index is -4.87. The third kappa shape index (κ3) is 5.38. The summed E-state index contributed by atoms with van der Waals surface area (Å²) in [5, 5.41) is 8.69. The monoisotopic (exact) mass is 315 g/mol. The van der Waals surface area contributed by atoms with Crippen LogP contribution in [0.3, 0.4) is 0 Å². The SMILES string of the molecule is C=CC(N(CC(=O)O)C(C=C)P(=O)(O)O)P(=O)(O)O. The van der Waals surface area contributed by atoms with Gasteiger partial charge in [-0.05, 0) is 0 Å². The third-order valence-electron chi connectivity index (χ3n) is 2.11. The summed E-state index contributed by atoms with van der Waals surface area (Å²) in [6.45, 7) is 5.28. The average Bonchev–Trinajstić information content (AvgIpc) is 2.13. The van der Waals surface area contributed by atoms with Crippen LogP contribution in [-0.2, 0) is 13.9 Å². The fraction of sp³-hybridized carbons (Fsp3) is 0.375. The van der Waals surface area contributed by atoms with E-state index in [-0.39, 0.29) is 0 Å². The first-order valence-corrected chi connectivity index (χ1v) is 8.14. The van der Waals surface area contributed by atoms with E-state index in [0.29, 0.717) is 4.90 Å². The summed E-state index contributed by atoms with van der Waals surface area (Å²) < 4.78 is 22.5. The average molecular weight is 315 g/mol. The molecule has 19 heavy (non-hydrogen) atoms. The number of aliphatic carboxylic acids is 1. The van der Waals surface area contributed by atoms with Crippen molar-refractivity contribution in [3.63, 3.8) is 0 Å². The third-order valence-corrected chi connectivity index (χ3v) is 4.50. The second-order valence-electron chi connectivity index (χ2n) is 3.54. The molecule has 0 fully saturated rings. The summed E-state index contributed by atoms with van der Waals surface area (Å²) in [6, 6.07) is 0. The molecule has 110 valence electrons. The van der Waals surface area contributed by atoms with Crippen molar-refractivity contribution in [1.82, 2.24) is 4.90 Å². The molecule has 0 aliphatic carbocycles. The lowest BCUT2D eigenvalue weighted by atomic mass is 10.4. The second-order valence-corrected chi connectivity index (χ2v) is 6.96. The van der Waals surface area contributed by atoms with E-state index in [1.807, 2.05) is 0 Å². The van der Waals surface area contributed by atoms with Crippen LogP contribution in [-0.4, -0.2) is 53.7 Å². The van der Waals surface area contributed by atoms with Gasteiger partial charge in [-0.3, -0.25) is 18.8 Å². The molecule has 2 atom stereocenters. The van der Waals surface area contributed by atoms with Gasteiger partial charge in [0, 0.05) is 0 Å². The molecule has 0 rings (SSSR count). The summed E-state index contributed by atoms with van der Waals surface area (Å²) in [6.07, 6.45) is 1.46. The fourth-order valence-electron chi connectivity index (χ4n) is 1.43. The number of carbonyl (C=O) groups is 1. The highest BCUT2D eigenvalue weighted by Crippen LogP contribution is 2.50. The fourth-order valence-corrected chi connectivity index (χ4v) is 3.31. The van der Waals surface area contributed by atoms with E-state index in [4.69, 9.17) is 24.7 Å². The maximum atomic E-state index is 11.2. The van der Waals surface area contributed by atoms with Gasteiger partial charge in [0.1, 0.15) is 11.6 Å². The highest BCUT2D eigenvalue weighted by molar-refractivity contribution is 7.53. The van der Waals surface area contributed by atoms with E-state index in [9.17, 15) is 13.9 Å². The molecule has 0 heterocycles. The molecule has 0 radical (unpaired) electrons. The van der Waals surface area contributed by atoms with Crippen molar-refractivity contribution in [1.29, 1.82) is 0 Å². The Morgan fingerprint density at radius 3 is 1.53 bits per heavy atom. The van der Waals surface area contributed by atoms with Gasteiger partial charge in [-0.15, -0.1) is 13.2 Å². The quantitative estimate of drug-likeness (QED) is 0.301. The van der Waals surface area contributed by atoms with Crippen LogP contribution in [0.4, 0.5) is 0 Å². The zero-order valence-electron chi connectivity index (χ0n) is 9.73. The van der Waals surface area contributed by atoms with Gasteiger partial charge in [-0.25, -0.2) is 0 Å². The highest BCUT2D eigenvalue weighted by atomic mass is 31.2. The molecule has 0 spiro atoms. The van der Waals surface area contributed by atoms with Crippen LogP contribution in [0.25, 0.3) is 0 Å². The molecular weight excluding hydrogens is 300 g/mol. The summed E-state index contributed by atoms with van der Waals surface area (Å²) in [4.78, 5) is 47.5.